The van der Waals surface area contributed by atoms with Crippen LogP contribution in [0.2, 0.25) is 5.15 Å². The Bertz CT molecular complexity index is 390. The van der Waals surface area contributed by atoms with E-state index < -0.39 is 19.0 Å². The first-order valence-corrected chi connectivity index (χ1v) is 4.43. The molecule has 0 N–H and O–H groups in total. The summed E-state index contributed by atoms with van der Waals surface area (Å²) in [6.07, 6.45) is -1.69. The molecule has 0 radical (unpaired) electrons. The zero-order valence-corrected chi connectivity index (χ0v) is 8.87. The molecule has 0 aromatic carbocycles. The molecule has 0 aliphatic heterocycles. The van der Waals surface area contributed by atoms with E-state index in [2.05, 4.69) is 19.4 Å². The van der Waals surface area contributed by atoms with Gasteiger partial charge in [-0.1, -0.05) is 11.6 Å². The summed E-state index contributed by atoms with van der Waals surface area (Å²) in [5.41, 5.74) is -0.271. The average Bonchev–Trinajstić information content (AvgIpc) is 2.25. The van der Waals surface area contributed by atoms with E-state index in [1.165, 1.54) is 0 Å². The van der Waals surface area contributed by atoms with Crippen molar-refractivity contribution in [1.82, 2.24) is 9.97 Å². The molecule has 88 valence electrons. The molecule has 0 aliphatic rings. The summed E-state index contributed by atoms with van der Waals surface area (Å²) in [5.74, 6) is -1.18. The molecule has 0 aliphatic carbocycles. The lowest BCUT2D eigenvalue weighted by Gasteiger charge is -2.08. The Kier molecular flexibility index (Phi) is 4.36. The lowest BCUT2D eigenvalue weighted by molar-refractivity contribution is 0.0573. The summed E-state index contributed by atoms with van der Waals surface area (Å²) >= 11 is 5.60. The van der Waals surface area contributed by atoms with E-state index in [1.807, 2.05) is 0 Å². The van der Waals surface area contributed by atoms with Gasteiger partial charge in [-0.2, -0.15) is 0 Å². The van der Waals surface area contributed by atoms with Crippen LogP contribution in [0.5, 0.6) is 5.88 Å². The summed E-state index contributed by atoms with van der Waals surface area (Å²) in [4.78, 5) is 18.3. The summed E-state index contributed by atoms with van der Waals surface area (Å²) < 4.78 is 32.8. The van der Waals surface area contributed by atoms with Gasteiger partial charge in [0.15, 0.2) is 17.3 Å². The molecule has 16 heavy (non-hydrogen) atoms. The van der Waals surface area contributed by atoms with Crippen LogP contribution in [0, 0.1) is 0 Å². The standard InChI is InChI=1S/C8H7ClF2N2O3/c1-15-8(14)5-6(9)12-3-13-7(5)16-2-4(10)11/h3-4H,2H2,1H3. The molecule has 0 atom stereocenters. The van der Waals surface area contributed by atoms with Gasteiger partial charge in [0.2, 0.25) is 5.88 Å². The number of nitrogens with zero attached hydrogens (tertiary/aromatic N) is 2. The number of esters is 1. The molecule has 1 aromatic rings. The SMILES string of the molecule is COC(=O)c1c(Cl)ncnc1OCC(F)F. The van der Waals surface area contributed by atoms with Gasteiger partial charge in [0.1, 0.15) is 6.33 Å². The summed E-state index contributed by atoms with van der Waals surface area (Å²) in [6, 6.07) is 0. The normalized spacial score (nSPS) is 10.3. The maximum atomic E-state index is 11.9. The van der Waals surface area contributed by atoms with E-state index in [1.54, 1.807) is 0 Å². The monoisotopic (exact) mass is 252 g/mol. The van der Waals surface area contributed by atoms with Crippen LogP contribution in [-0.4, -0.2) is 36.1 Å². The van der Waals surface area contributed by atoms with Crippen LogP contribution in [0.4, 0.5) is 8.78 Å². The van der Waals surface area contributed by atoms with Gasteiger partial charge in [0, 0.05) is 0 Å². The topological polar surface area (TPSA) is 61.3 Å². The Morgan fingerprint density at radius 1 is 1.56 bits per heavy atom. The number of methoxy groups -OCH3 is 1. The van der Waals surface area contributed by atoms with Gasteiger partial charge in [0.05, 0.1) is 7.11 Å². The Morgan fingerprint density at radius 2 is 2.25 bits per heavy atom. The maximum Gasteiger partial charge on any atom is 0.346 e. The summed E-state index contributed by atoms with van der Waals surface area (Å²) in [7, 11) is 1.11. The highest BCUT2D eigenvalue weighted by molar-refractivity contribution is 6.32. The molecule has 0 bridgehead atoms. The highest BCUT2D eigenvalue weighted by Gasteiger charge is 2.20. The molecular formula is C8H7ClF2N2O3. The molecule has 0 unspecified atom stereocenters. The number of carbonyl (C=O) groups is 1. The zero-order valence-electron chi connectivity index (χ0n) is 8.11. The van der Waals surface area contributed by atoms with Gasteiger partial charge in [-0.25, -0.2) is 23.5 Å². The quantitative estimate of drug-likeness (QED) is 0.601. The number of hydrogen-bond acceptors (Lipinski definition) is 5. The van der Waals surface area contributed by atoms with E-state index in [0.29, 0.717) is 0 Å². The number of ether oxygens (including phenoxy) is 2. The Balaban J connectivity index is 2.98. The molecule has 0 saturated carbocycles. The number of alkyl halides is 2. The molecule has 1 aromatic heterocycles. The van der Waals surface area contributed by atoms with E-state index in [0.717, 1.165) is 13.4 Å². The molecule has 0 saturated heterocycles. The van der Waals surface area contributed by atoms with Gasteiger partial charge in [0.25, 0.3) is 6.43 Å². The lowest BCUT2D eigenvalue weighted by Crippen LogP contribution is -2.13. The number of aromatic nitrogens is 2. The molecule has 0 amide bonds. The molecule has 5 nitrogen and oxygen atoms in total. The van der Waals surface area contributed by atoms with E-state index in [-0.39, 0.29) is 16.6 Å². The highest BCUT2D eigenvalue weighted by Crippen LogP contribution is 2.22. The lowest BCUT2D eigenvalue weighted by atomic mass is 10.3. The molecular weight excluding hydrogens is 246 g/mol. The first-order valence-electron chi connectivity index (χ1n) is 4.06. The van der Waals surface area contributed by atoms with Gasteiger partial charge >= 0.3 is 5.97 Å². The van der Waals surface area contributed by atoms with Crippen molar-refractivity contribution in [2.24, 2.45) is 0 Å². The Labute approximate surface area is 94.4 Å². The van der Waals surface area contributed by atoms with Crippen molar-refractivity contribution < 1.29 is 23.0 Å². The van der Waals surface area contributed by atoms with Gasteiger partial charge in [-0.3, -0.25) is 0 Å². The molecule has 0 spiro atoms. The average molecular weight is 253 g/mol. The van der Waals surface area contributed by atoms with E-state index >= 15 is 0 Å². The fourth-order valence-corrected chi connectivity index (χ4v) is 1.08. The second-order valence-corrected chi connectivity index (χ2v) is 2.90. The van der Waals surface area contributed by atoms with Gasteiger partial charge < -0.3 is 9.47 Å². The molecule has 1 heterocycles. The predicted octanol–water partition coefficient (Wildman–Crippen LogP) is 1.56. The number of carbonyl (C=O) groups excluding carboxylic acids is 1. The first-order chi connectivity index (χ1) is 7.56. The third-order valence-corrected chi connectivity index (χ3v) is 1.79. The summed E-state index contributed by atoms with van der Waals surface area (Å²) in [5, 5.41) is -0.217. The second-order valence-electron chi connectivity index (χ2n) is 2.54. The van der Waals surface area contributed by atoms with Crippen molar-refractivity contribution >= 4 is 17.6 Å². The third-order valence-electron chi connectivity index (χ3n) is 1.50. The van der Waals surface area contributed by atoms with Crippen molar-refractivity contribution in [2.45, 2.75) is 6.43 Å². The Hall–Kier alpha value is -1.50. The minimum Gasteiger partial charge on any atom is -0.471 e. The largest absolute Gasteiger partial charge is 0.471 e. The number of rotatable bonds is 4. The van der Waals surface area contributed by atoms with Crippen molar-refractivity contribution in [3.8, 4) is 5.88 Å². The second kappa shape index (κ2) is 5.55. The third kappa shape index (κ3) is 2.99. The minimum atomic E-state index is -2.68. The summed E-state index contributed by atoms with van der Waals surface area (Å²) in [6.45, 7) is -0.892. The van der Waals surface area contributed by atoms with Crippen molar-refractivity contribution in [3.05, 3.63) is 17.0 Å². The Morgan fingerprint density at radius 3 is 2.81 bits per heavy atom. The van der Waals surface area contributed by atoms with Crippen LogP contribution < -0.4 is 4.74 Å². The fraction of sp³-hybridized carbons (Fsp3) is 0.375. The smallest absolute Gasteiger partial charge is 0.346 e. The van der Waals surface area contributed by atoms with Crippen LogP contribution in [0.15, 0.2) is 6.33 Å². The van der Waals surface area contributed by atoms with E-state index in [9.17, 15) is 13.6 Å². The van der Waals surface area contributed by atoms with Crippen LogP contribution in [0.3, 0.4) is 0 Å². The van der Waals surface area contributed by atoms with Gasteiger partial charge in [-0.05, 0) is 0 Å². The van der Waals surface area contributed by atoms with Gasteiger partial charge in [-0.15, -0.1) is 0 Å². The van der Waals surface area contributed by atoms with E-state index in [4.69, 9.17) is 11.6 Å². The van der Waals surface area contributed by atoms with Crippen molar-refractivity contribution in [1.29, 1.82) is 0 Å². The highest BCUT2D eigenvalue weighted by atomic mass is 35.5. The minimum absolute atomic E-state index is 0.217. The molecule has 0 fully saturated rings. The van der Waals surface area contributed by atoms with Crippen LogP contribution in [0.25, 0.3) is 0 Å². The number of hydrogen-bond donors (Lipinski definition) is 0. The first kappa shape index (κ1) is 12.6. The van der Waals surface area contributed by atoms with Crippen LogP contribution in [0.1, 0.15) is 10.4 Å². The van der Waals surface area contributed by atoms with Crippen LogP contribution in [-0.2, 0) is 4.74 Å². The maximum absolute atomic E-state index is 11.9. The fourth-order valence-electron chi connectivity index (χ4n) is 0.874. The molecule has 1 rings (SSSR count). The predicted molar refractivity (Wildman–Crippen MR) is 49.9 cm³/mol. The van der Waals surface area contributed by atoms with Crippen molar-refractivity contribution in [3.63, 3.8) is 0 Å². The van der Waals surface area contributed by atoms with Crippen molar-refractivity contribution in [2.75, 3.05) is 13.7 Å². The van der Waals surface area contributed by atoms with Crippen LogP contribution >= 0.6 is 11.6 Å². The molecule has 8 heteroatoms. The number of halogens is 3. The zero-order chi connectivity index (χ0) is 12.1.